The molecule has 5 heteroatoms. The first-order valence-corrected chi connectivity index (χ1v) is 4.98. The standard InChI is InChI=1S/C12H10FNO3/c1-7-11(14-6-17-7)10(12(15)16)8-2-4-9(13)5-3-8/h2-6,10H,1H3,(H,15,16). The maximum Gasteiger partial charge on any atom is 0.317 e. The van der Waals surface area contributed by atoms with Gasteiger partial charge in [-0.15, -0.1) is 0 Å². The van der Waals surface area contributed by atoms with E-state index in [1.165, 1.54) is 30.7 Å². The first kappa shape index (κ1) is 11.3. The van der Waals surface area contributed by atoms with E-state index >= 15 is 0 Å². The average Bonchev–Trinajstić information content (AvgIpc) is 2.68. The van der Waals surface area contributed by atoms with E-state index in [0.29, 0.717) is 17.0 Å². The molecule has 0 aliphatic rings. The van der Waals surface area contributed by atoms with Crippen LogP contribution >= 0.6 is 0 Å². The molecule has 0 saturated carbocycles. The van der Waals surface area contributed by atoms with Crippen LogP contribution in [0.2, 0.25) is 0 Å². The van der Waals surface area contributed by atoms with Gasteiger partial charge < -0.3 is 9.52 Å². The minimum atomic E-state index is -1.05. The van der Waals surface area contributed by atoms with Crippen LogP contribution in [0.5, 0.6) is 0 Å². The molecule has 1 unspecified atom stereocenters. The van der Waals surface area contributed by atoms with Crippen molar-refractivity contribution >= 4 is 5.97 Å². The molecule has 2 aromatic rings. The Morgan fingerprint density at radius 3 is 2.53 bits per heavy atom. The van der Waals surface area contributed by atoms with Gasteiger partial charge in [-0.2, -0.15) is 0 Å². The molecule has 1 atom stereocenters. The molecule has 0 aliphatic carbocycles. The Bertz CT molecular complexity index is 533. The highest BCUT2D eigenvalue weighted by atomic mass is 19.1. The molecule has 0 bridgehead atoms. The minimum absolute atomic E-state index is 0.337. The summed E-state index contributed by atoms with van der Waals surface area (Å²) in [4.78, 5) is 15.2. The highest BCUT2D eigenvalue weighted by molar-refractivity contribution is 5.79. The van der Waals surface area contributed by atoms with Crippen LogP contribution in [0.15, 0.2) is 35.1 Å². The van der Waals surface area contributed by atoms with Crippen LogP contribution in [0, 0.1) is 12.7 Å². The summed E-state index contributed by atoms with van der Waals surface area (Å²) in [5.41, 5.74) is 0.806. The zero-order chi connectivity index (χ0) is 12.4. The maximum absolute atomic E-state index is 12.8. The second kappa shape index (κ2) is 4.37. The van der Waals surface area contributed by atoms with Gasteiger partial charge in [-0.25, -0.2) is 9.37 Å². The molecular weight excluding hydrogens is 225 g/mol. The second-order valence-corrected chi connectivity index (χ2v) is 3.62. The molecule has 0 saturated heterocycles. The van der Waals surface area contributed by atoms with Crippen LogP contribution < -0.4 is 0 Å². The molecule has 0 aliphatic heterocycles. The van der Waals surface area contributed by atoms with Crippen molar-refractivity contribution in [3.63, 3.8) is 0 Å². The summed E-state index contributed by atoms with van der Waals surface area (Å²) in [7, 11) is 0. The highest BCUT2D eigenvalue weighted by Gasteiger charge is 2.26. The van der Waals surface area contributed by atoms with E-state index in [-0.39, 0.29) is 0 Å². The molecule has 0 spiro atoms. The van der Waals surface area contributed by atoms with Gasteiger partial charge in [-0.05, 0) is 24.6 Å². The Kier molecular flexibility index (Phi) is 2.91. The van der Waals surface area contributed by atoms with Gasteiger partial charge >= 0.3 is 5.97 Å². The number of carboxylic acid groups (broad SMARTS) is 1. The summed E-state index contributed by atoms with van der Waals surface area (Å²) in [5, 5.41) is 9.22. The van der Waals surface area contributed by atoms with E-state index in [4.69, 9.17) is 4.42 Å². The van der Waals surface area contributed by atoms with E-state index in [2.05, 4.69) is 4.98 Å². The number of carbonyl (C=O) groups is 1. The Hall–Kier alpha value is -2.17. The van der Waals surface area contributed by atoms with Gasteiger partial charge in [0.05, 0.1) is 0 Å². The van der Waals surface area contributed by atoms with E-state index in [1.807, 2.05) is 0 Å². The van der Waals surface area contributed by atoms with Crippen LogP contribution in [-0.4, -0.2) is 16.1 Å². The van der Waals surface area contributed by atoms with Crippen molar-refractivity contribution < 1.29 is 18.7 Å². The number of rotatable bonds is 3. The lowest BCUT2D eigenvalue weighted by Crippen LogP contribution is -2.14. The number of nitrogens with zero attached hydrogens (tertiary/aromatic N) is 1. The lowest BCUT2D eigenvalue weighted by Gasteiger charge is -2.10. The van der Waals surface area contributed by atoms with Crippen LogP contribution in [0.1, 0.15) is 22.9 Å². The lowest BCUT2D eigenvalue weighted by atomic mass is 9.95. The maximum atomic E-state index is 12.8. The zero-order valence-electron chi connectivity index (χ0n) is 9.05. The van der Waals surface area contributed by atoms with Crippen molar-refractivity contribution in [2.75, 3.05) is 0 Å². The van der Waals surface area contributed by atoms with Crippen LogP contribution in [0.3, 0.4) is 0 Å². The van der Waals surface area contributed by atoms with Gasteiger partial charge in [-0.1, -0.05) is 12.1 Å². The Morgan fingerprint density at radius 1 is 1.41 bits per heavy atom. The molecule has 88 valence electrons. The lowest BCUT2D eigenvalue weighted by molar-refractivity contribution is -0.137. The van der Waals surface area contributed by atoms with E-state index in [9.17, 15) is 14.3 Å². The van der Waals surface area contributed by atoms with Crippen LogP contribution in [0.25, 0.3) is 0 Å². The number of carboxylic acids is 1. The number of aryl methyl sites for hydroxylation is 1. The van der Waals surface area contributed by atoms with Gasteiger partial charge in [0.15, 0.2) is 6.39 Å². The Labute approximate surface area is 96.7 Å². The quantitative estimate of drug-likeness (QED) is 0.886. The Balaban J connectivity index is 2.47. The van der Waals surface area contributed by atoms with E-state index in [0.717, 1.165) is 0 Å². The molecule has 0 amide bonds. The molecular formula is C12H10FNO3. The number of aromatic nitrogens is 1. The largest absolute Gasteiger partial charge is 0.480 e. The van der Waals surface area contributed by atoms with Crippen molar-refractivity contribution in [1.82, 2.24) is 4.98 Å². The van der Waals surface area contributed by atoms with Gasteiger partial charge in [0.2, 0.25) is 0 Å². The van der Waals surface area contributed by atoms with Crippen molar-refractivity contribution in [3.05, 3.63) is 53.5 Å². The highest BCUT2D eigenvalue weighted by Crippen LogP contribution is 2.26. The Morgan fingerprint density at radius 2 is 2.06 bits per heavy atom. The zero-order valence-corrected chi connectivity index (χ0v) is 9.05. The normalized spacial score (nSPS) is 12.4. The summed E-state index contributed by atoms with van der Waals surface area (Å²) in [6.07, 6.45) is 1.20. The minimum Gasteiger partial charge on any atom is -0.480 e. The third kappa shape index (κ3) is 2.18. The molecule has 0 fully saturated rings. The molecule has 1 N–H and O–H groups in total. The average molecular weight is 235 g/mol. The van der Waals surface area contributed by atoms with E-state index in [1.54, 1.807) is 6.92 Å². The number of hydrogen-bond donors (Lipinski definition) is 1. The predicted molar refractivity (Wildman–Crippen MR) is 57.1 cm³/mol. The fraction of sp³-hybridized carbons (Fsp3) is 0.167. The smallest absolute Gasteiger partial charge is 0.317 e. The van der Waals surface area contributed by atoms with Crippen LogP contribution in [-0.2, 0) is 4.79 Å². The van der Waals surface area contributed by atoms with Gasteiger partial charge in [0.1, 0.15) is 23.2 Å². The third-order valence-corrected chi connectivity index (χ3v) is 2.51. The van der Waals surface area contributed by atoms with Crippen LogP contribution in [0.4, 0.5) is 4.39 Å². The molecule has 0 radical (unpaired) electrons. The predicted octanol–water partition coefficient (Wildman–Crippen LogP) is 2.34. The summed E-state index contributed by atoms with van der Waals surface area (Å²) in [5.74, 6) is -1.94. The molecule has 2 rings (SSSR count). The van der Waals surface area contributed by atoms with Crippen molar-refractivity contribution in [3.8, 4) is 0 Å². The summed E-state index contributed by atoms with van der Waals surface area (Å²) in [6.45, 7) is 1.64. The van der Waals surface area contributed by atoms with Crippen molar-refractivity contribution in [2.45, 2.75) is 12.8 Å². The first-order valence-electron chi connectivity index (χ1n) is 4.98. The van der Waals surface area contributed by atoms with Gasteiger partial charge in [-0.3, -0.25) is 4.79 Å². The fourth-order valence-electron chi connectivity index (χ4n) is 1.66. The topological polar surface area (TPSA) is 63.3 Å². The number of benzene rings is 1. The number of halogens is 1. The fourth-order valence-corrected chi connectivity index (χ4v) is 1.66. The number of hydrogen-bond acceptors (Lipinski definition) is 3. The monoisotopic (exact) mass is 235 g/mol. The number of oxazole rings is 1. The summed E-state index contributed by atoms with van der Waals surface area (Å²) >= 11 is 0. The number of aliphatic carboxylic acids is 1. The summed E-state index contributed by atoms with van der Waals surface area (Å²) in [6, 6.07) is 5.31. The molecule has 1 heterocycles. The SMILES string of the molecule is Cc1ocnc1C(C(=O)O)c1ccc(F)cc1. The van der Waals surface area contributed by atoms with Gasteiger partial charge in [0, 0.05) is 0 Å². The van der Waals surface area contributed by atoms with Crippen molar-refractivity contribution in [1.29, 1.82) is 0 Å². The van der Waals surface area contributed by atoms with E-state index < -0.39 is 17.7 Å². The third-order valence-electron chi connectivity index (χ3n) is 2.51. The first-order chi connectivity index (χ1) is 8.09. The molecule has 1 aromatic heterocycles. The summed E-state index contributed by atoms with van der Waals surface area (Å²) < 4.78 is 17.8. The molecule has 4 nitrogen and oxygen atoms in total. The van der Waals surface area contributed by atoms with Gasteiger partial charge in [0.25, 0.3) is 0 Å². The second-order valence-electron chi connectivity index (χ2n) is 3.62. The molecule has 17 heavy (non-hydrogen) atoms. The van der Waals surface area contributed by atoms with Crippen molar-refractivity contribution in [2.24, 2.45) is 0 Å². The molecule has 1 aromatic carbocycles.